The third-order valence-electron chi connectivity index (χ3n) is 1.75. The number of nitrogens with two attached hydrogens (primary N) is 1. The van der Waals surface area contributed by atoms with Crippen LogP contribution in [-0.2, 0) is 19.6 Å². The Morgan fingerprint density at radius 1 is 1.69 bits per heavy atom. The first-order valence-corrected chi connectivity index (χ1v) is 6.38. The van der Waals surface area contributed by atoms with E-state index in [1.807, 2.05) is 0 Å². The Morgan fingerprint density at radius 3 is 2.75 bits per heavy atom. The molecule has 0 aliphatic heterocycles. The summed E-state index contributed by atoms with van der Waals surface area (Å²) in [5, 5.41) is 0.157. The van der Waals surface area contributed by atoms with Crippen LogP contribution in [-0.4, -0.2) is 44.4 Å². The molecule has 0 unspecified atom stereocenters. The summed E-state index contributed by atoms with van der Waals surface area (Å²) in [7, 11) is -1.25. The quantitative estimate of drug-likeness (QED) is 0.737. The minimum absolute atomic E-state index is 0.00333. The second-order valence-electron chi connectivity index (χ2n) is 2.85. The van der Waals surface area contributed by atoms with Crippen LogP contribution in [0, 0.1) is 0 Å². The van der Waals surface area contributed by atoms with Crippen LogP contribution < -0.4 is 5.73 Å². The highest BCUT2D eigenvalue weighted by molar-refractivity contribution is 7.91. The van der Waals surface area contributed by atoms with Crippen LogP contribution >= 0.6 is 11.3 Å². The fourth-order valence-corrected chi connectivity index (χ4v) is 3.12. The molecule has 1 aromatic rings. The molecule has 9 heteroatoms. The molecule has 0 aliphatic rings. The molecular weight excluding hydrogens is 254 g/mol. The first kappa shape index (κ1) is 12.9. The van der Waals surface area contributed by atoms with E-state index in [4.69, 9.17) is 5.73 Å². The molecule has 1 rings (SSSR count). The van der Waals surface area contributed by atoms with E-state index in [0.717, 1.165) is 21.8 Å². The maximum atomic E-state index is 11.8. The lowest BCUT2D eigenvalue weighted by atomic mass is 10.7. The molecule has 1 heterocycles. The van der Waals surface area contributed by atoms with Gasteiger partial charge < -0.3 is 10.5 Å². The first-order chi connectivity index (χ1) is 7.37. The molecule has 0 aromatic carbocycles. The molecule has 2 N–H and O–H groups in total. The number of rotatable bonds is 4. The predicted molar refractivity (Wildman–Crippen MR) is 58.4 cm³/mol. The number of sulfonamides is 1. The Bertz CT molecular complexity index is 482. The van der Waals surface area contributed by atoms with Crippen molar-refractivity contribution in [1.29, 1.82) is 0 Å². The van der Waals surface area contributed by atoms with Gasteiger partial charge in [0.15, 0.2) is 9.34 Å². The topological polar surface area (TPSA) is 103 Å². The van der Waals surface area contributed by atoms with Crippen molar-refractivity contribution in [2.75, 3.05) is 26.4 Å². The van der Waals surface area contributed by atoms with Crippen molar-refractivity contribution < 1.29 is 17.9 Å². The molecular formula is C7H11N3O4S2. The number of nitrogens with zero attached hydrogens (tertiary/aromatic N) is 2. The number of likely N-dealkylation sites (N-methyl/N-ethyl adjacent to an activating group) is 1. The van der Waals surface area contributed by atoms with E-state index in [-0.39, 0.29) is 15.9 Å². The lowest BCUT2D eigenvalue weighted by Crippen LogP contribution is -2.32. The number of carbonyl (C=O) groups is 1. The number of nitrogen functional groups attached to an aromatic ring is 1. The van der Waals surface area contributed by atoms with Crippen molar-refractivity contribution in [3.05, 3.63) is 6.20 Å². The Hall–Kier alpha value is -1.19. The summed E-state index contributed by atoms with van der Waals surface area (Å²) < 4.78 is 28.9. The Labute approximate surface area is 96.9 Å². The summed E-state index contributed by atoms with van der Waals surface area (Å²) in [5.74, 6) is -0.636. The second-order valence-corrected chi connectivity index (χ2v) is 6.19. The van der Waals surface area contributed by atoms with Crippen molar-refractivity contribution in [1.82, 2.24) is 9.29 Å². The van der Waals surface area contributed by atoms with E-state index in [9.17, 15) is 13.2 Å². The predicted octanol–water partition coefficient (Wildman–Crippen LogP) is -0.481. The van der Waals surface area contributed by atoms with Gasteiger partial charge in [0.25, 0.3) is 10.0 Å². The van der Waals surface area contributed by atoms with Crippen molar-refractivity contribution in [3.63, 3.8) is 0 Å². The molecule has 0 radical (unpaired) electrons. The van der Waals surface area contributed by atoms with Gasteiger partial charge in [-0.1, -0.05) is 11.3 Å². The summed E-state index contributed by atoms with van der Waals surface area (Å²) in [6, 6.07) is 0. The number of carbonyl (C=O) groups excluding carboxylic acids is 1. The van der Waals surface area contributed by atoms with E-state index in [2.05, 4.69) is 9.72 Å². The van der Waals surface area contributed by atoms with Crippen LogP contribution in [0.25, 0.3) is 0 Å². The highest BCUT2D eigenvalue weighted by atomic mass is 32.2. The van der Waals surface area contributed by atoms with E-state index in [0.29, 0.717) is 0 Å². The van der Waals surface area contributed by atoms with Gasteiger partial charge in [-0.3, -0.25) is 4.79 Å². The van der Waals surface area contributed by atoms with Gasteiger partial charge in [0.2, 0.25) is 0 Å². The van der Waals surface area contributed by atoms with Crippen LogP contribution in [0.3, 0.4) is 0 Å². The Balaban J connectivity index is 2.90. The van der Waals surface area contributed by atoms with Crippen LogP contribution in [0.15, 0.2) is 10.4 Å². The smallest absolute Gasteiger partial charge is 0.321 e. The standard InChI is InChI=1S/C7H11N3O4S2/c1-10(4-5(11)14-2)16(12,13)6-3-9-7(8)15-6/h3H,4H2,1-2H3,(H2,8,9). The lowest BCUT2D eigenvalue weighted by molar-refractivity contribution is -0.140. The fraction of sp³-hybridized carbons (Fsp3) is 0.429. The van der Waals surface area contributed by atoms with Gasteiger partial charge in [-0.15, -0.1) is 0 Å². The van der Waals surface area contributed by atoms with Gasteiger partial charge in [0.1, 0.15) is 6.54 Å². The molecule has 0 fully saturated rings. The van der Waals surface area contributed by atoms with Crippen molar-refractivity contribution in [2.45, 2.75) is 4.21 Å². The van der Waals surface area contributed by atoms with Crippen LogP contribution in [0.2, 0.25) is 0 Å². The summed E-state index contributed by atoms with van der Waals surface area (Å²) in [5.41, 5.74) is 5.34. The highest BCUT2D eigenvalue weighted by Crippen LogP contribution is 2.22. The summed E-state index contributed by atoms with van der Waals surface area (Å²) >= 11 is 0.843. The monoisotopic (exact) mass is 265 g/mol. The van der Waals surface area contributed by atoms with Crippen LogP contribution in [0.5, 0.6) is 0 Å². The van der Waals surface area contributed by atoms with Gasteiger partial charge in [-0.05, 0) is 0 Å². The number of esters is 1. The summed E-state index contributed by atoms with van der Waals surface area (Å²) in [6.07, 6.45) is 1.16. The van der Waals surface area contributed by atoms with E-state index in [1.165, 1.54) is 14.2 Å². The molecule has 90 valence electrons. The highest BCUT2D eigenvalue weighted by Gasteiger charge is 2.25. The average molecular weight is 265 g/mol. The SMILES string of the molecule is COC(=O)CN(C)S(=O)(=O)c1cnc(N)s1. The normalized spacial score (nSPS) is 11.7. The number of anilines is 1. The van der Waals surface area contributed by atoms with E-state index >= 15 is 0 Å². The second kappa shape index (κ2) is 4.76. The van der Waals surface area contributed by atoms with E-state index in [1.54, 1.807) is 0 Å². The number of thiazole rings is 1. The number of hydrogen-bond acceptors (Lipinski definition) is 7. The molecule has 0 aliphatic carbocycles. The Morgan fingerprint density at radius 2 is 2.31 bits per heavy atom. The van der Waals surface area contributed by atoms with Gasteiger partial charge in [0.05, 0.1) is 13.3 Å². The molecule has 16 heavy (non-hydrogen) atoms. The van der Waals surface area contributed by atoms with Gasteiger partial charge >= 0.3 is 5.97 Å². The minimum atomic E-state index is -3.71. The molecule has 0 bridgehead atoms. The first-order valence-electron chi connectivity index (χ1n) is 4.12. The third kappa shape index (κ3) is 2.68. The van der Waals surface area contributed by atoms with Gasteiger partial charge in [-0.25, -0.2) is 13.4 Å². The van der Waals surface area contributed by atoms with Crippen molar-refractivity contribution >= 4 is 32.5 Å². The molecule has 1 aromatic heterocycles. The molecule has 0 atom stereocenters. The van der Waals surface area contributed by atoms with Crippen LogP contribution in [0.4, 0.5) is 5.13 Å². The number of ether oxygens (including phenoxy) is 1. The van der Waals surface area contributed by atoms with E-state index < -0.39 is 16.0 Å². The third-order valence-corrected chi connectivity index (χ3v) is 4.81. The van der Waals surface area contributed by atoms with Gasteiger partial charge in [0, 0.05) is 7.05 Å². The number of methoxy groups -OCH3 is 1. The molecule has 0 saturated heterocycles. The Kier molecular flexibility index (Phi) is 3.83. The van der Waals surface area contributed by atoms with Crippen LogP contribution in [0.1, 0.15) is 0 Å². The summed E-state index contributed by atoms with van der Waals surface area (Å²) in [4.78, 5) is 14.6. The molecule has 0 amide bonds. The molecule has 0 spiro atoms. The maximum absolute atomic E-state index is 11.8. The summed E-state index contributed by atoms with van der Waals surface area (Å²) in [6.45, 7) is -0.351. The number of aromatic nitrogens is 1. The molecule has 0 saturated carbocycles. The van der Waals surface area contributed by atoms with Crippen molar-refractivity contribution in [2.24, 2.45) is 0 Å². The maximum Gasteiger partial charge on any atom is 0.321 e. The number of hydrogen-bond donors (Lipinski definition) is 1. The fourth-order valence-electron chi connectivity index (χ4n) is 0.876. The zero-order valence-electron chi connectivity index (χ0n) is 8.71. The van der Waals surface area contributed by atoms with Crippen molar-refractivity contribution in [3.8, 4) is 0 Å². The zero-order chi connectivity index (χ0) is 12.3. The average Bonchev–Trinajstić information content (AvgIpc) is 2.65. The lowest BCUT2D eigenvalue weighted by Gasteiger charge is -2.13. The molecule has 7 nitrogen and oxygen atoms in total. The largest absolute Gasteiger partial charge is 0.468 e. The van der Waals surface area contributed by atoms with Gasteiger partial charge in [-0.2, -0.15) is 4.31 Å². The zero-order valence-corrected chi connectivity index (χ0v) is 10.3. The minimum Gasteiger partial charge on any atom is -0.468 e.